The Balaban J connectivity index is 1.61. The number of ether oxygens (including phenoxy) is 1. The van der Waals surface area contributed by atoms with Crippen molar-refractivity contribution in [2.75, 3.05) is 24.3 Å². The van der Waals surface area contributed by atoms with Crippen molar-refractivity contribution in [3.63, 3.8) is 0 Å². The Morgan fingerprint density at radius 1 is 1.24 bits per heavy atom. The lowest BCUT2D eigenvalue weighted by Gasteiger charge is -2.13. The van der Waals surface area contributed by atoms with Crippen molar-refractivity contribution in [3.05, 3.63) is 41.6 Å². The van der Waals surface area contributed by atoms with Gasteiger partial charge in [-0.15, -0.1) is 5.10 Å². The lowest BCUT2D eigenvalue weighted by Crippen LogP contribution is -2.09. The van der Waals surface area contributed by atoms with Gasteiger partial charge in [-0.05, 0) is 56.7 Å². The molecule has 132 valence electrons. The third-order valence-corrected chi connectivity index (χ3v) is 4.29. The molecule has 0 aliphatic heterocycles. The number of hydrogen-bond acceptors (Lipinski definition) is 6. The Labute approximate surface area is 148 Å². The number of nitrogens with zero attached hydrogens (tertiary/aromatic N) is 3. The summed E-state index contributed by atoms with van der Waals surface area (Å²) in [4.78, 5) is 4.48. The minimum Gasteiger partial charge on any atom is -0.495 e. The van der Waals surface area contributed by atoms with Crippen molar-refractivity contribution in [1.82, 2.24) is 15.2 Å². The molecule has 0 bridgehead atoms. The molecule has 2 N–H and O–H groups in total. The van der Waals surface area contributed by atoms with Crippen molar-refractivity contribution in [2.24, 2.45) is 0 Å². The van der Waals surface area contributed by atoms with Crippen LogP contribution in [0.1, 0.15) is 37.7 Å². The highest BCUT2D eigenvalue weighted by Crippen LogP contribution is 2.27. The summed E-state index contributed by atoms with van der Waals surface area (Å²) in [5.41, 5.74) is 3.54. The topological polar surface area (TPSA) is 72.0 Å². The lowest BCUT2D eigenvalue weighted by atomic mass is 9.97. The van der Waals surface area contributed by atoms with Crippen LogP contribution in [0.3, 0.4) is 0 Å². The monoisotopic (exact) mass is 339 g/mol. The molecule has 0 saturated carbocycles. The van der Waals surface area contributed by atoms with Crippen LogP contribution in [0.25, 0.3) is 0 Å². The van der Waals surface area contributed by atoms with Crippen LogP contribution in [0, 0.1) is 6.92 Å². The number of methoxy groups -OCH3 is 1. The van der Waals surface area contributed by atoms with Gasteiger partial charge in [0, 0.05) is 6.54 Å². The lowest BCUT2D eigenvalue weighted by molar-refractivity contribution is 0.416. The molecule has 1 aromatic carbocycles. The van der Waals surface area contributed by atoms with E-state index in [4.69, 9.17) is 4.74 Å². The van der Waals surface area contributed by atoms with Gasteiger partial charge in [-0.3, -0.25) is 0 Å². The fraction of sp³-hybridized carbons (Fsp3) is 0.421. The van der Waals surface area contributed by atoms with Gasteiger partial charge in [-0.2, -0.15) is 10.1 Å². The average molecular weight is 339 g/mol. The first-order chi connectivity index (χ1) is 12.2. The Morgan fingerprint density at radius 2 is 2.16 bits per heavy atom. The predicted octanol–water partition coefficient (Wildman–Crippen LogP) is 4.23. The van der Waals surface area contributed by atoms with Crippen LogP contribution in [0.15, 0.2) is 36.0 Å². The largest absolute Gasteiger partial charge is 0.495 e. The summed E-state index contributed by atoms with van der Waals surface area (Å²) in [6, 6.07) is 5.96. The first-order valence-corrected chi connectivity index (χ1v) is 8.78. The van der Waals surface area contributed by atoms with E-state index in [1.165, 1.54) is 31.3 Å². The molecule has 0 spiro atoms. The summed E-state index contributed by atoms with van der Waals surface area (Å²) in [7, 11) is 1.65. The van der Waals surface area contributed by atoms with Crippen molar-refractivity contribution in [2.45, 2.75) is 39.0 Å². The number of anilines is 3. The van der Waals surface area contributed by atoms with E-state index in [1.54, 1.807) is 13.3 Å². The Kier molecular flexibility index (Phi) is 5.82. The van der Waals surface area contributed by atoms with Crippen LogP contribution in [-0.4, -0.2) is 28.8 Å². The number of nitrogens with one attached hydrogen (secondary N) is 2. The molecule has 25 heavy (non-hydrogen) atoms. The summed E-state index contributed by atoms with van der Waals surface area (Å²) in [6.07, 6.45) is 10.1. The third kappa shape index (κ3) is 4.92. The highest BCUT2D eigenvalue weighted by molar-refractivity contribution is 5.65. The SMILES string of the molecule is COc1ccc(C)cc1Nc1cnnc(NCCC2=CCCCC2)n1. The van der Waals surface area contributed by atoms with Gasteiger partial charge in [-0.1, -0.05) is 17.7 Å². The molecule has 6 nitrogen and oxygen atoms in total. The number of benzene rings is 1. The highest BCUT2D eigenvalue weighted by Gasteiger charge is 2.07. The number of aromatic nitrogens is 3. The van der Waals surface area contributed by atoms with Gasteiger partial charge in [0.25, 0.3) is 0 Å². The molecule has 1 heterocycles. The zero-order valence-corrected chi connectivity index (χ0v) is 14.9. The van der Waals surface area contributed by atoms with E-state index in [0.29, 0.717) is 11.8 Å². The second-order valence-electron chi connectivity index (χ2n) is 6.28. The summed E-state index contributed by atoms with van der Waals surface area (Å²) in [5.74, 6) is 1.94. The molecule has 1 aliphatic rings. The van der Waals surface area contributed by atoms with Crippen molar-refractivity contribution in [1.29, 1.82) is 0 Å². The number of aryl methyl sites for hydroxylation is 1. The van der Waals surface area contributed by atoms with Gasteiger partial charge >= 0.3 is 0 Å². The van der Waals surface area contributed by atoms with Gasteiger partial charge in [0.2, 0.25) is 5.95 Å². The van der Waals surface area contributed by atoms with E-state index in [1.807, 2.05) is 25.1 Å². The Bertz CT molecular complexity index is 744. The number of rotatable bonds is 7. The molecule has 0 saturated heterocycles. The van der Waals surface area contributed by atoms with E-state index >= 15 is 0 Å². The van der Waals surface area contributed by atoms with Crippen LogP contribution >= 0.6 is 0 Å². The smallest absolute Gasteiger partial charge is 0.244 e. The summed E-state index contributed by atoms with van der Waals surface area (Å²) >= 11 is 0. The second-order valence-corrected chi connectivity index (χ2v) is 6.28. The quantitative estimate of drug-likeness (QED) is 0.735. The second kappa shape index (κ2) is 8.46. The van der Waals surface area contributed by atoms with Gasteiger partial charge in [0.1, 0.15) is 5.75 Å². The molecule has 0 unspecified atom stereocenters. The number of hydrogen-bond donors (Lipinski definition) is 2. The van der Waals surface area contributed by atoms with Crippen LogP contribution < -0.4 is 15.4 Å². The molecule has 1 aromatic heterocycles. The van der Waals surface area contributed by atoms with Gasteiger partial charge in [0.05, 0.1) is 19.0 Å². The maximum atomic E-state index is 5.39. The van der Waals surface area contributed by atoms with E-state index in [2.05, 4.69) is 31.9 Å². The maximum Gasteiger partial charge on any atom is 0.244 e. The average Bonchev–Trinajstić information content (AvgIpc) is 2.63. The highest BCUT2D eigenvalue weighted by atomic mass is 16.5. The fourth-order valence-electron chi connectivity index (χ4n) is 2.96. The number of allylic oxidation sites excluding steroid dienone is 1. The standard InChI is InChI=1S/C19H25N5O/c1-14-8-9-17(25-2)16(12-14)22-18-13-21-24-19(23-18)20-11-10-15-6-4-3-5-7-15/h6,8-9,12-13H,3-5,7,10-11H2,1-2H3,(H2,20,22,23,24). The Morgan fingerprint density at radius 3 is 2.96 bits per heavy atom. The summed E-state index contributed by atoms with van der Waals surface area (Å²) in [5, 5.41) is 14.6. The van der Waals surface area contributed by atoms with Gasteiger partial charge < -0.3 is 15.4 Å². The van der Waals surface area contributed by atoms with Crippen LogP contribution in [0.5, 0.6) is 5.75 Å². The summed E-state index contributed by atoms with van der Waals surface area (Å²) in [6.45, 7) is 2.86. The molecule has 6 heteroatoms. The molecule has 0 atom stereocenters. The van der Waals surface area contributed by atoms with E-state index in [0.717, 1.165) is 30.0 Å². The molecule has 0 radical (unpaired) electrons. The van der Waals surface area contributed by atoms with Gasteiger partial charge in [0.15, 0.2) is 5.82 Å². The van der Waals surface area contributed by atoms with E-state index < -0.39 is 0 Å². The molecular formula is C19H25N5O. The molecule has 2 aromatic rings. The zero-order valence-electron chi connectivity index (χ0n) is 14.9. The first-order valence-electron chi connectivity index (χ1n) is 8.78. The molecule has 0 fully saturated rings. The summed E-state index contributed by atoms with van der Waals surface area (Å²) < 4.78 is 5.39. The van der Waals surface area contributed by atoms with Crippen LogP contribution in [0.2, 0.25) is 0 Å². The van der Waals surface area contributed by atoms with Crippen molar-refractivity contribution >= 4 is 17.5 Å². The normalized spacial score (nSPS) is 13.9. The maximum absolute atomic E-state index is 5.39. The third-order valence-electron chi connectivity index (χ3n) is 4.29. The van der Waals surface area contributed by atoms with Gasteiger partial charge in [-0.25, -0.2) is 0 Å². The van der Waals surface area contributed by atoms with E-state index in [-0.39, 0.29) is 0 Å². The first kappa shape index (κ1) is 17.2. The molecule has 1 aliphatic carbocycles. The zero-order chi connectivity index (χ0) is 17.5. The minimum atomic E-state index is 0.535. The van der Waals surface area contributed by atoms with Crippen LogP contribution in [0.4, 0.5) is 17.5 Å². The van der Waals surface area contributed by atoms with Crippen molar-refractivity contribution in [3.8, 4) is 5.75 Å². The molecular weight excluding hydrogens is 314 g/mol. The van der Waals surface area contributed by atoms with Crippen molar-refractivity contribution < 1.29 is 4.74 Å². The molecule has 3 rings (SSSR count). The Hall–Kier alpha value is -2.63. The fourth-order valence-corrected chi connectivity index (χ4v) is 2.96. The minimum absolute atomic E-state index is 0.535. The molecule has 0 amide bonds. The predicted molar refractivity (Wildman–Crippen MR) is 100 cm³/mol. The van der Waals surface area contributed by atoms with E-state index in [9.17, 15) is 0 Å². The van der Waals surface area contributed by atoms with Crippen LogP contribution in [-0.2, 0) is 0 Å².